The highest BCUT2D eigenvalue weighted by atomic mass is 16.5. The van der Waals surface area contributed by atoms with Gasteiger partial charge in [0.1, 0.15) is 5.82 Å². The van der Waals surface area contributed by atoms with Crippen LogP contribution in [0.25, 0.3) is 33.8 Å². The molecule has 1 aliphatic rings. The number of H-pyrrole nitrogens is 1. The minimum absolute atomic E-state index is 0.216. The van der Waals surface area contributed by atoms with Crippen molar-refractivity contribution in [3.8, 4) is 28.2 Å². The van der Waals surface area contributed by atoms with Crippen molar-refractivity contribution in [1.29, 1.82) is 0 Å². The molecule has 5 aromatic rings. The Morgan fingerprint density at radius 1 is 1.11 bits per heavy atom. The molecular formula is C25H27N9O. The molecule has 1 aliphatic heterocycles. The predicted molar refractivity (Wildman–Crippen MR) is 133 cm³/mol. The molecule has 35 heavy (non-hydrogen) atoms. The van der Waals surface area contributed by atoms with Gasteiger partial charge in [-0.2, -0.15) is 15.3 Å². The molecule has 0 spiro atoms. The van der Waals surface area contributed by atoms with Crippen LogP contribution in [-0.4, -0.2) is 65.4 Å². The highest BCUT2D eigenvalue weighted by molar-refractivity contribution is 5.80. The van der Waals surface area contributed by atoms with Crippen LogP contribution in [0, 0.1) is 20.8 Å². The van der Waals surface area contributed by atoms with E-state index < -0.39 is 0 Å². The van der Waals surface area contributed by atoms with Crippen LogP contribution < -0.4 is 4.90 Å². The van der Waals surface area contributed by atoms with Gasteiger partial charge in [-0.15, -0.1) is 0 Å². The lowest BCUT2D eigenvalue weighted by Crippen LogP contribution is -2.44. The zero-order valence-corrected chi connectivity index (χ0v) is 20.2. The summed E-state index contributed by atoms with van der Waals surface area (Å²) >= 11 is 0. The number of anilines is 1. The van der Waals surface area contributed by atoms with Gasteiger partial charge in [0.2, 0.25) is 0 Å². The lowest BCUT2D eigenvalue weighted by molar-refractivity contribution is 0.0985. The van der Waals surface area contributed by atoms with E-state index in [1.54, 1.807) is 6.20 Å². The van der Waals surface area contributed by atoms with Crippen molar-refractivity contribution in [2.24, 2.45) is 0 Å². The first-order valence-electron chi connectivity index (χ1n) is 11.7. The molecule has 10 nitrogen and oxygen atoms in total. The number of pyridine rings is 1. The summed E-state index contributed by atoms with van der Waals surface area (Å²) in [7, 11) is 0. The van der Waals surface area contributed by atoms with Crippen molar-refractivity contribution < 1.29 is 4.74 Å². The van der Waals surface area contributed by atoms with Crippen molar-refractivity contribution in [3.63, 3.8) is 0 Å². The standard InChI is InChI=1S/C25H27N9O/c1-15-9-19(12-26-11-15)33-18(4)24(17(3)31-33)22-10-23(32-7-8-35-14-16(32)2)29-25-20(13-28-34(22)25)21-5-6-27-30-21/h5-6,9-13,16H,7-8,14H2,1-4H3,(H,27,30). The second-order valence-electron chi connectivity index (χ2n) is 9.06. The maximum absolute atomic E-state index is 5.68. The molecule has 178 valence electrons. The summed E-state index contributed by atoms with van der Waals surface area (Å²) in [5.74, 6) is 0.897. The summed E-state index contributed by atoms with van der Waals surface area (Å²) in [5.41, 5.74) is 8.46. The van der Waals surface area contributed by atoms with E-state index in [2.05, 4.69) is 46.1 Å². The van der Waals surface area contributed by atoms with Gasteiger partial charge >= 0.3 is 0 Å². The molecule has 6 heterocycles. The number of aromatic nitrogens is 8. The van der Waals surface area contributed by atoms with Crippen LogP contribution in [0.3, 0.4) is 0 Å². The maximum atomic E-state index is 5.68. The van der Waals surface area contributed by atoms with Gasteiger partial charge in [0.25, 0.3) is 0 Å². The van der Waals surface area contributed by atoms with Gasteiger partial charge < -0.3 is 9.64 Å². The van der Waals surface area contributed by atoms with E-state index in [4.69, 9.17) is 19.9 Å². The summed E-state index contributed by atoms with van der Waals surface area (Å²) in [6.45, 7) is 10.4. The molecule has 1 unspecified atom stereocenters. The fourth-order valence-electron chi connectivity index (χ4n) is 4.86. The Hall–Kier alpha value is -4.05. The Bertz CT molecular complexity index is 1520. The molecular weight excluding hydrogens is 442 g/mol. The average molecular weight is 470 g/mol. The van der Waals surface area contributed by atoms with E-state index in [1.165, 1.54) is 0 Å². The molecule has 0 amide bonds. The Labute approximate surface area is 202 Å². The molecule has 10 heteroatoms. The average Bonchev–Trinajstić information content (AvgIpc) is 3.58. The summed E-state index contributed by atoms with van der Waals surface area (Å²) in [6.07, 6.45) is 7.26. The van der Waals surface area contributed by atoms with Crippen LogP contribution in [0.4, 0.5) is 5.82 Å². The minimum atomic E-state index is 0.216. The number of nitrogens with one attached hydrogen (secondary N) is 1. The fourth-order valence-corrected chi connectivity index (χ4v) is 4.86. The third-order valence-electron chi connectivity index (χ3n) is 6.56. The van der Waals surface area contributed by atoms with E-state index in [1.807, 2.05) is 47.7 Å². The van der Waals surface area contributed by atoms with E-state index >= 15 is 0 Å². The van der Waals surface area contributed by atoms with Gasteiger partial charge in [0.05, 0.1) is 65.7 Å². The highest BCUT2D eigenvalue weighted by Crippen LogP contribution is 2.34. The summed E-state index contributed by atoms with van der Waals surface area (Å²) in [4.78, 5) is 11.7. The van der Waals surface area contributed by atoms with Gasteiger partial charge in [-0.05, 0) is 45.4 Å². The van der Waals surface area contributed by atoms with Gasteiger partial charge in [-0.25, -0.2) is 14.2 Å². The van der Waals surface area contributed by atoms with E-state index in [-0.39, 0.29) is 6.04 Å². The van der Waals surface area contributed by atoms with Gasteiger partial charge in [0.15, 0.2) is 5.65 Å². The van der Waals surface area contributed by atoms with E-state index in [9.17, 15) is 0 Å². The summed E-state index contributed by atoms with van der Waals surface area (Å²) < 4.78 is 9.54. The van der Waals surface area contributed by atoms with E-state index in [0.717, 1.165) is 63.2 Å². The van der Waals surface area contributed by atoms with Gasteiger partial charge in [0, 0.05) is 30.6 Å². The second kappa shape index (κ2) is 8.31. The quantitative estimate of drug-likeness (QED) is 0.430. The summed E-state index contributed by atoms with van der Waals surface area (Å²) in [6, 6.07) is 6.35. The smallest absolute Gasteiger partial charge is 0.167 e. The van der Waals surface area contributed by atoms with Crippen LogP contribution in [0.5, 0.6) is 0 Å². The molecule has 0 bridgehead atoms. The first kappa shape index (κ1) is 21.5. The Morgan fingerprint density at radius 2 is 2.00 bits per heavy atom. The fraction of sp³-hybridized carbons (Fsp3) is 0.320. The lowest BCUT2D eigenvalue weighted by atomic mass is 10.1. The highest BCUT2D eigenvalue weighted by Gasteiger charge is 2.26. The molecule has 6 rings (SSSR count). The third kappa shape index (κ3) is 3.57. The largest absolute Gasteiger partial charge is 0.377 e. The number of aryl methyl sites for hydroxylation is 2. The number of morpholine rings is 1. The van der Waals surface area contributed by atoms with Crippen molar-refractivity contribution in [3.05, 3.63) is 59.9 Å². The SMILES string of the molecule is Cc1cncc(-n2nc(C)c(-c3cc(N4CCOCC4C)nc4c(-c5ccn[nH]5)cnn34)c2C)c1. The van der Waals surface area contributed by atoms with Crippen LogP contribution in [0.15, 0.2) is 43.0 Å². The molecule has 0 aliphatic carbocycles. The molecule has 0 radical (unpaired) electrons. The van der Waals surface area contributed by atoms with Gasteiger partial charge in [-0.3, -0.25) is 10.1 Å². The zero-order valence-electron chi connectivity index (χ0n) is 20.2. The van der Waals surface area contributed by atoms with Crippen LogP contribution in [-0.2, 0) is 4.74 Å². The van der Waals surface area contributed by atoms with Crippen molar-refractivity contribution in [2.45, 2.75) is 33.7 Å². The third-order valence-corrected chi connectivity index (χ3v) is 6.56. The second-order valence-corrected chi connectivity index (χ2v) is 9.06. The number of hydrogen-bond donors (Lipinski definition) is 1. The number of fused-ring (bicyclic) bond motifs is 1. The minimum Gasteiger partial charge on any atom is -0.377 e. The lowest BCUT2D eigenvalue weighted by Gasteiger charge is -2.34. The Kier molecular flexibility index (Phi) is 5.10. The maximum Gasteiger partial charge on any atom is 0.167 e. The molecule has 0 saturated carbocycles. The van der Waals surface area contributed by atoms with Crippen molar-refractivity contribution in [1.82, 2.24) is 39.6 Å². The number of aromatic amines is 1. The van der Waals surface area contributed by atoms with E-state index in [0.29, 0.717) is 13.2 Å². The number of nitrogens with zero attached hydrogens (tertiary/aromatic N) is 8. The van der Waals surface area contributed by atoms with Crippen molar-refractivity contribution in [2.75, 3.05) is 24.7 Å². The first-order chi connectivity index (χ1) is 17.0. The molecule has 1 fully saturated rings. The zero-order chi connectivity index (χ0) is 24.1. The monoisotopic (exact) mass is 469 g/mol. The number of hydrogen-bond acceptors (Lipinski definition) is 7. The molecule has 1 atom stereocenters. The first-order valence-corrected chi connectivity index (χ1v) is 11.7. The normalized spacial score (nSPS) is 16.3. The predicted octanol–water partition coefficient (Wildman–Crippen LogP) is 3.52. The topological polar surface area (TPSA) is 102 Å². The van der Waals surface area contributed by atoms with Crippen LogP contribution in [0.2, 0.25) is 0 Å². The Balaban J connectivity index is 1.59. The van der Waals surface area contributed by atoms with Crippen molar-refractivity contribution >= 4 is 11.5 Å². The number of rotatable bonds is 4. The molecule has 5 aromatic heterocycles. The molecule has 0 aromatic carbocycles. The van der Waals surface area contributed by atoms with Crippen LogP contribution >= 0.6 is 0 Å². The summed E-state index contributed by atoms with van der Waals surface area (Å²) in [5, 5.41) is 16.8. The molecule has 1 N–H and O–H groups in total. The van der Waals surface area contributed by atoms with Crippen LogP contribution in [0.1, 0.15) is 23.9 Å². The Morgan fingerprint density at radius 3 is 2.77 bits per heavy atom. The van der Waals surface area contributed by atoms with Gasteiger partial charge in [-0.1, -0.05) is 0 Å². The molecule has 1 saturated heterocycles. The number of ether oxygens (including phenoxy) is 1.